The number of aliphatic hydroxyl groups excluding tert-OH is 2. The molecule has 1 aliphatic carbocycles. The van der Waals surface area contributed by atoms with Crippen molar-refractivity contribution in [3.05, 3.63) is 39.5 Å². The number of carbonyl (C=O) groups is 2. The number of carbonyl (C=O) groups excluding carboxylic acids is 2. The Balaban J connectivity index is 2.32. The van der Waals surface area contributed by atoms with Crippen molar-refractivity contribution >= 4 is 34.4 Å². The molecule has 0 saturated carbocycles. The normalized spacial score (nSPS) is 19.9. The maximum atomic E-state index is 13.1. The van der Waals surface area contributed by atoms with E-state index in [1.807, 2.05) is 32.0 Å². The number of halogens is 1. The van der Waals surface area contributed by atoms with Crippen LogP contribution in [0.1, 0.15) is 33.6 Å². The Morgan fingerprint density at radius 1 is 1.29 bits per heavy atom. The van der Waals surface area contributed by atoms with Crippen LogP contribution in [0.25, 0.3) is 0 Å². The number of nitrogens with one attached hydrogen (secondary N) is 1. The van der Waals surface area contributed by atoms with Gasteiger partial charge in [0.2, 0.25) is 11.8 Å². The van der Waals surface area contributed by atoms with Gasteiger partial charge in [0.1, 0.15) is 24.6 Å². The van der Waals surface area contributed by atoms with Crippen LogP contribution in [0.5, 0.6) is 5.75 Å². The second-order valence-electron chi connectivity index (χ2n) is 8.44. The first kappa shape index (κ1) is 29.5. The molecule has 0 aromatic heterocycles. The van der Waals surface area contributed by atoms with Crippen molar-refractivity contribution in [3.63, 3.8) is 0 Å². The van der Waals surface area contributed by atoms with E-state index >= 15 is 0 Å². The molecule has 3 atom stereocenters. The molecule has 0 unspecified atom stereocenters. The molecule has 0 radical (unpaired) electrons. The number of para-hydroxylation sites is 1. The molecule has 196 valence electrons. The maximum Gasteiger partial charge on any atom is 0.248 e. The van der Waals surface area contributed by atoms with Crippen molar-refractivity contribution in [3.8, 4) is 5.75 Å². The van der Waals surface area contributed by atoms with Gasteiger partial charge in [0.15, 0.2) is 0 Å². The highest BCUT2D eigenvalue weighted by molar-refractivity contribution is 14.1. The Labute approximate surface area is 220 Å². The van der Waals surface area contributed by atoms with Crippen LogP contribution in [0.15, 0.2) is 35.9 Å². The summed E-state index contributed by atoms with van der Waals surface area (Å²) in [5, 5.41) is 23.1. The number of aliphatic hydroxyl groups is 2. The zero-order valence-corrected chi connectivity index (χ0v) is 22.8. The average Bonchev–Trinajstić information content (AvgIpc) is 2.83. The van der Waals surface area contributed by atoms with Gasteiger partial charge in [-0.3, -0.25) is 9.59 Å². The summed E-state index contributed by atoms with van der Waals surface area (Å²) in [5.41, 5.74) is 0.386. The first-order chi connectivity index (χ1) is 16.8. The molecule has 1 aromatic carbocycles. The van der Waals surface area contributed by atoms with E-state index in [0.29, 0.717) is 37.5 Å². The molecule has 35 heavy (non-hydrogen) atoms. The lowest BCUT2D eigenvalue weighted by Crippen LogP contribution is -2.56. The molecule has 1 aliphatic rings. The molecule has 0 spiro atoms. The number of hydrogen-bond acceptors (Lipinski definition) is 7. The van der Waals surface area contributed by atoms with E-state index in [0.717, 1.165) is 3.57 Å². The molecular formula is C25H37IN2O7. The smallest absolute Gasteiger partial charge is 0.248 e. The molecule has 0 saturated heterocycles. The number of hydrogen-bond donors (Lipinski definition) is 3. The van der Waals surface area contributed by atoms with Gasteiger partial charge in [0.05, 0.1) is 22.3 Å². The van der Waals surface area contributed by atoms with Gasteiger partial charge in [-0.05, 0) is 68.0 Å². The van der Waals surface area contributed by atoms with Gasteiger partial charge in [-0.15, -0.1) is 0 Å². The lowest BCUT2D eigenvalue weighted by Gasteiger charge is -2.40. The van der Waals surface area contributed by atoms with Crippen LogP contribution in [0, 0.1) is 3.57 Å². The van der Waals surface area contributed by atoms with Crippen LogP contribution in [-0.4, -0.2) is 90.8 Å². The summed E-state index contributed by atoms with van der Waals surface area (Å²) in [4.78, 5) is 27.5. The third kappa shape index (κ3) is 9.34. The number of benzene rings is 1. The van der Waals surface area contributed by atoms with Crippen LogP contribution >= 0.6 is 22.6 Å². The third-order valence-corrected chi connectivity index (χ3v) is 6.35. The van der Waals surface area contributed by atoms with Crippen molar-refractivity contribution in [2.75, 3.05) is 39.5 Å². The highest BCUT2D eigenvalue weighted by Gasteiger charge is 2.40. The van der Waals surface area contributed by atoms with Gasteiger partial charge in [-0.2, -0.15) is 0 Å². The van der Waals surface area contributed by atoms with E-state index in [2.05, 4.69) is 27.9 Å². The fourth-order valence-corrected chi connectivity index (χ4v) is 4.28. The van der Waals surface area contributed by atoms with Gasteiger partial charge in [-0.1, -0.05) is 12.1 Å². The van der Waals surface area contributed by atoms with Crippen molar-refractivity contribution in [2.45, 2.75) is 58.0 Å². The largest absolute Gasteiger partial charge is 0.482 e. The predicted octanol–water partition coefficient (Wildman–Crippen LogP) is 1.89. The van der Waals surface area contributed by atoms with Gasteiger partial charge in [0.25, 0.3) is 0 Å². The van der Waals surface area contributed by atoms with Crippen LogP contribution in [0.3, 0.4) is 0 Å². The minimum Gasteiger partial charge on any atom is -0.482 e. The highest BCUT2D eigenvalue weighted by atomic mass is 127. The SMILES string of the molecule is CCOCC(=O)N(CCCOC(C)C)[C@@H]1CC(C(=O)NCCO)=C[C@H](Oc2ccccc2I)[C@H]1O. The van der Waals surface area contributed by atoms with Crippen LogP contribution < -0.4 is 10.1 Å². The monoisotopic (exact) mass is 604 g/mol. The lowest BCUT2D eigenvalue weighted by molar-refractivity contribution is -0.143. The number of nitrogens with zero attached hydrogens (tertiary/aromatic N) is 1. The molecule has 0 aliphatic heterocycles. The molecule has 0 fully saturated rings. The molecule has 3 N–H and O–H groups in total. The zero-order chi connectivity index (χ0) is 25.8. The fourth-order valence-electron chi connectivity index (χ4n) is 3.77. The second kappa shape index (κ2) is 15.4. The van der Waals surface area contributed by atoms with Gasteiger partial charge >= 0.3 is 0 Å². The van der Waals surface area contributed by atoms with Crippen LogP contribution in [0.4, 0.5) is 0 Å². The summed E-state index contributed by atoms with van der Waals surface area (Å²) in [7, 11) is 0. The van der Waals surface area contributed by atoms with E-state index in [-0.39, 0.29) is 44.1 Å². The summed E-state index contributed by atoms with van der Waals surface area (Å²) in [6.07, 6.45) is 0.457. The van der Waals surface area contributed by atoms with Crippen molar-refractivity contribution in [2.24, 2.45) is 0 Å². The Morgan fingerprint density at radius 2 is 2.03 bits per heavy atom. The van der Waals surface area contributed by atoms with Crippen LogP contribution in [0.2, 0.25) is 0 Å². The molecule has 10 heteroatoms. The molecule has 1 aromatic rings. The van der Waals surface area contributed by atoms with Crippen molar-refractivity contribution < 1.29 is 34.0 Å². The lowest BCUT2D eigenvalue weighted by atomic mass is 9.88. The van der Waals surface area contributed by atoms with E-state index in [9.17, 15) is 14.7 Å². The molecule has 0 heterocycles. The van der Waals surface area contributed by atoms with E-state index in [1.54, 1.807) is 24.0 Å². The first-order valence-electron chi connectivity index (χ1n) is 12.0. The molecule has 2 amide bonds. The number of rotatable bonds is 14. The minimum absolute atomic E-state index is 0.0683. The number of amides is 2. The second-order valence-corrected chi connectivity index (χ2v) is 9.61. The van der Waals surface area contributed by atoms with E-state index < -0.39 is 18.2 Å². The molecular weight excluding hydrogens is 567 g/mol. The maximum absolute atomic E-state index is 13.1. The summed E-state index contributed by atoms with van der Waals surface area (Å²) in [5.74, 6) is -0.0696. The summed E-state index contributed by atoms with van der Waals surface area (Å²) in [6, 6.07) is 6.68. The predicted molar refractivity (Wildman–Crippen MR) is 140 cm³/mol. The van der Waals surface area contributed by atoms with Crippen molar-refractivity contribution in [1.82, 2.24) is 10.2 Å². The Hall–Kier alpha value is -1.73. The highest BCUT2D eigenvalue weighted by Crippen LogP contribution is 2.29. The van der Waals surface area contributed by atoms with Crippen molar-refractivity contribution in [1.29, 1.82) is 0 Å². The fraction of sp³-hybridized carbons (Fsp3) is 0.600. The Morgan fingerprint density at radius 3 is 2.69 bits per heavy atom. The van der Waals surface area contributed by atoms with E-state index in [4.69, 9.17) is 19.3 Å². The zero-order valence-electron chi connectivity index (χ0n) is 20.6. The summed E-state index contributed by atoms with van der Waals surface area (Å²) >= 11 is 2.14. The molecule has 0 bridgehead atoms. The van der Waals surface area contributed by atoms with Gasteiger partial charge in [0, 0.05) is 38.3 Å². The average molecular weight is 604 g/mol. The Kier molecular flexibility index (Phi) is 13.0. The summed E-state index contributed by atoms with van der Waals surface area (Å²) < 4.78 is 18.0. The minimum atomic E-state index is -1.07. The molecule has 9 nitrogen and oxygen atoms in total. The third-order valence-electron chi connectivity index (χ3n) is 5.46. The van der Waals surface area contributed by atoms with Gasteiger partial charge < -0.3 is 34.6 Å². The molecule has 2 rings (SSSR count). The number of ether oxygens (including phenoxy) is 3. The van der Waals surface area contributed by atoms with E-state index in [1.165, 1.54) is 0 Å². The quantitative estimate of drug-likeness (QED) is 0.219. The topological polar surface area (TPSA) is 118 Å². The van der Waals surface area contributed by atoms with Crippen LogP contribution in [-0.2, 0) is 19.1 Å². The standard InChI is InChI=1S/C25H37IN2O7/c1-4-33-16-23(30)28(11-7-13-34-17(2)3)20-14-18(25(32)27-10-12-29)15-22(24(20)31)35-21-9-6-5-8-19(21)26/h5-6,8-9,15,17,20,22,24,29,31H,4,7,10-14,16H2,1-3H3,(H,27,32)/t20-,22+,24+/m1/s1. The van der Waals surface area contributed by atoms with Gasteiger partial charge in [-0.25, -0.2) is 0 Å². The first-order valence-corrected chi connectivity index (χ1v) is 13.0. The Bertz CT molecular complexity index is 849. The summed E-state index contributed by atoms with van der Waals surface area (Å²) in [6.45, 7) is 6.66.